The standard InChI is InChI=1S/C15H21F2NO3/c1-4-8-18-15(3,14(19)20)9-10(2)21-12-7-5-6-11(16)13(12)17/h5-7,10,18H,4,8-9H2,1-3H3,(H,19,20). The van der Waals surface area contributed by atoms with Crippen LogP contribution in [0.2, 0.25) is 0 Å². The number of halogens is 2. The summed E-state index contributed by atoms with van der Waals surface area (Å²) in [6.07, 6.45) is 0.321. The molecule has 0 spiro atoms. The molecule has 0 saturated carbocycles. The number of nitrogens with one attached hydrogen (secondary N) is 1. The van der Waals surface area contributed by atoms with Crippen molar-refractivity contribution in [3.8, 4) is 5.75 Å². The van der Waals surface area contributed by atoms with Crippen molar-refractivity contribution >= 4 is 5.97 Å². The molecule has 1 rings (SSSR count). The third-order valence-corrected chi connectivity index (χ3v) is 3.18. The zero-order valence-electron chi connectivity index (χ0n) is 12.5. The Kier molecular flexibility index (Phi) is 6.08. The van der Waals surface area contributed by atoms with Crippen LogP contribution < -0.4 is 10.1 Å². The van der Waals surface area contributed by atoms with E-state index >= 15 is 0 Å². The number of benzene rings is 1. The molecule has 0 heterocycles. The second-order valence-electron chi connectivity index (χ2n) is 5.25. The van der Waals surface area contributed by atoms with E-state index in [1.54, 1.807) is 13.8 Å². The molecule has 0 fully saturated rings. The van der Waals surface area contributed by atoms with Crippen LogP contribution in [-0.4, -0.2) is 29.3 Å². The molecule has 2 atom stereocenters. The van der Waals surface area contributed by atoms with Crippen molar-refractivity contribution < 1.29 is 23.4 Å². The molecule has 21 heavy (non-hydrogen) atoms. The molecule has 1 aromatic rings. The largest absolute Gasteiger partial charge is 0.487 e. The molecule has 0 radical (unpaired) electrons. The second-order valence-corrected chi connectivity index (χ2v) is 5.25. The van der Waals surface area contributed by atoms with E-state index in [2.05, 4.69) is 5.32 Å². The number of ether oxygens (including phenoxy) is 1. The summed E-state index contributed by atoms with van der Waals surface area (Å²) in [6, 6.07) is 3.65. The van der Waals surface area contributed by atoms with Gasteiger partial charge in [0.05, 0.1) is 6.10 Å². The first kappa shape index (κ1) is 17.4. The number of aliphatic carboxylic acids is 1. The molecule has 0 aliphatic carbocycles. The Morgan fingerprint density at radius 1 is 1.48 bits per heavy atom. The van der Waals surface area contributed by atoms with Crippen molar-refractivity contribution in [1.82, 2.24) is 5.32 Å². The third kappa shape index (κ3) is 4.67. The van der Waals surface area contributed by atoms with Gasteiger partial charge >= 0.3 is 5.97 Å². The zero-order valence-corrected chi connectivity index (χ0v) is 12.5. The quantitative estimate of drug-likeness (QED) is 0.775. The summed E-state index contributed by atoms with van der Waals surface area (Å²) in [4.78, 5) is 11.4. The first-order valence-electron chi connectivity index (χ1n) is 6.89. The lowest BCUT2D eigenvalue weighted by molar-refractivity contribution is -0.145. The van der Waals surface area contributed by atoms with Crippen LogP contribution in [0.25, 0.3) is 0 Å². The normalized spacial score (nSPS) is 15.3. The smallest absolute Gasteiger partial charge is 0.323 e. The van der Waals surface area contributed by atoms with Crippen molar-refractivity contribution in [2.45, 2.75) is 45.3 Å². The summed E-state index contributed by atoms with van der Waals surface area (Å²) in [5.41, 5.74) is -1.18. The maximum absolute atomic E-state index is 13.5. The summed E-state index contributed by atoms with van der Waals surface area (Å²) >= 11 is 0. The molecular weight excluding hydrogens is 280 g/mol. The average Bonchev–Trinajstić information content (AvgIpc) is 2.41. The van der Waals surface area contributed by atoms with Crippen molar-refractivity contribution in [3.05, 3.63) is 29.8 Å². The lowest BCUT2D eigenvalue weighted by Crippen LogP contribution is -2.52. The van der Waals surface area contributed by atoms with Crippen LogP contribution in [0.5, 0.6) is 5.75 Å². The highest BCUT2D eigenvalue weighted by molar-refractivity contribution is 5.78. The Labute approximate surface area is 123 Å². The Hall–Kier alpha value is -1.69. The molecule has 0 aromatic heterocycles. The van der Waals surface area contributed by atoms with Crippen molar-refractivity contribution in [3.63, 3.8) is 0 Å². The number of hydrogen-bond donors (Lipinski definition) is 2. The number of carbonyl (C=O) groups is 1. The van der Waals surface area contributed by atoms with E-state index in [9.17, 15) is 18.7 Å². The van der Waals surface area contributed by atoms with Crippen molar-refractivity contribution in [1.29, 1.82) is 0 Å². The van der Waals surface area contributed by atoms with Gasteiger partial charge in [-0.2, -0.15) is 4.39 Å². The lowest BCUT2D eigenvalue weighted by Gasteiger charge is -2.29. The van der Waals surface area contributed by atoms with Crippen LogP contribution in [0.3, 0.4) is 0 Å². The monoisotopic (exact) mass is 301 g/mol. The van der Waals surface area contributed by atoms with Crippen LogP contribution in [0.1, 0.15) is 33.6 Å². The van der Waals surface area contributed by atoms with Gasteiger partial charge in [-0.05, 0) is 38.9 Å². The Morgan fingerprint density at radius 3 is 2.71 bits per heavy atom. The highest BCUT2D eigenvalue weighted by Crippen LogP contribution is 2.23. The Morgan fingerprint density at radius 2 is 2.14 bits per heavy atom. The SMILES string of the molecule is CCCNC(C)(CC(C)Oc1cccc(F)c1F)C(=O)O. The van der Waals surface area contributed by atoms with Crippen LogP contribution in [0, 0.1) is 11.6 Å². The van der Waals surface area contributed by atoms with Gasteiger partial charge < -0.3 is 15.2 Å². The van der Waals surface area contributed by atoms with Gasteiger partial charge in [-0.1, -0.05) is 13.0 Å². The molecule has 0 aliphatic rings. The van der Waals surface area contributed by atoms with E-state index < -0.39 is 29.2 Å². The fraction of sp³-hybridized carbons (Fsp3) is 0.533. The van der Waals surface area contributed by atoms with Gasteiger partial charge in [0.25, 0.3) is 0 Å². The van der Waals surface area contributed by atoms with Gasteiger partial charge in [0.15, 0.2) is 11.6 Å². The molecule has 0 amide bonds. The number of carboxylic acids is 1. The minimum Gasteiger partial charge on any atom is -0.487 e. The summed E-state index contributed by atoms with van der Waals surface area (Å²) < 4.78 is 32.0. The molecule has 6 heteroatoms. The first-order chi connectivity index (χ1) is 9.80. The molecular formula is C15H21F2NO3. The fourth-order valence-corrected chi connectivity index (χ4v) is 2.04. The van der Waals surface area contributed by atoms with Gasteiger partial charge in [0.1, 0.15) is 5.54 Å². The van der Waals surface area contributed by atoms with E-state index in [0.29, 0.717) is 6.54 Å². The maximum atomic E-state index is 13.5. The predicted octanol–water partition coefficient (Wildman–Crippen LogP) is 2.97. The van der Waals surface area contributed by atoms with Crippen LogP contribution in [-0.2, 0) is 4.79 Å². The van der Waals surface area contributed by atoms with Gasteiger partial charge in [-0.15, -0.1) is 0 Å². The van der Waals surface area contributed by atoms with Gasteiger partial charge in [-0.3, -0.25) is 4.79 Å². The summed E-state index contributed by atoms with van der Waals surface area (Å²) in [5.74, 6) is -3.29. The Balaban J connectivity index is 2.76. The van der Waals surface area contributed by atoms with Gasteiger partial charge in [-0.25, -0.2) is 4.39 Å². The highest BCUT2D eigenvalue weighted by atomic mass is 19.2. The molecule has 2 N–H and O–H groups in total. The van der Waals surface area contributed by atoms with Crippen LogP contribution >= 0.6 is 0 Å². The number of carboxylic acid groups (broad SMARTS) is 1. The zero-order chi connectivity index (χ0) is 16.0. The van der Waals surface area contributed by atoms with Gasteiger partial charge in [0.2, 0.25) is 5.82 Å². The summed E-state index contributed by atoms with van der Waals surface area (Å²) in [6.45, 7) is 5.65. The summed E-state index contributed by atoms with van der Waals surface area (Å²) in [7, 11) is 0. The fourth-order valence-electron chi connectivity index (χ4n) is 2.04. The summed E-state index contributed by atoms with van der Waals surface area (Å²) in [5, 5.41) is 12.3. The lowest BCUT2D eigenvalue weighted by atomic mass is 9.94. The van der Waals surface area contributed by atoms with Gasteiger partial charge in [0, 0.05) is 6.42 Å². The van der Waals surface area contributed by atoms with E-state index in [-0.39, 0.29) is 12.2 Å². The minimum absolute atomic E-state index is 0.123. The third-order valence-electron chi connectivity index (χ3n) is 3.18. The van der Waals surface area contributed by atoms with Crippen molar-refractivity contribution in [2.75, 3.05) is 6.54 Å². The highest BCUT2D eigenvalue weighted by Gasteiger charge is 2.34. The molecule has 2 unspecified atom stereocenters. The maximum Gasteiger partial charge on any atom is 0.323 e. The average molecular weight is 301 g/mol. The number of hydrogen-bond acceptors (Lipinski definition) is 3. The van der Waals surface area contributed by atoms with E-state index in [4.69, 9.17) is 4.74 Å². The second kappa shape index (κ2) is 7.36. The van der Waals surface area contributed by atoms with E-state index in [1.807, 2.05) is 6.92 Å². The number of rotatable bonds is 8. The minimum atomic E-state index is -1.18. The predicted molar refractivity (Wildman–Crippen MR) is 75.4 cm³/mol. The molecule has 0 aliphatic heterocycles. The molecule has 0 saturated heterocycles. The van der Waals surface area contributed by atoms with Crippen LogP contribution in [0.15, 0.2) is 18.2 Å². The molecule has 1 aromatic carbocycles. The van der Waals surface area contributed by atoms with E-state index in [0.717, 1.165) is 12.5 Å². The molecule has 4 nitrogen and oxygen atoms in total. The molecule has 118 valence electrons. The van der Waals surface area contributed by atoms with E-state index in [1.165, 1.54) is 12.1 Å². The van der Waals surface area contributed by atoms with Crippen LogP contribution in [0.4, 0.5) is 8.78 Å². The topological polar surface area (TPSA) is 58.6 Å². The Bertz CT molecular complexity index is 496. The first-order valence-corrected chi connectivity index (χ1v) is 6.89. The van der Waals surface area contributed by atoms with Crippen molar-refractivity contribution in [2.24, 2.45) is 0 Å². The molecule has 0 bridgehead atoms.